The van der Waals surface area contributed by atoms with Crippen molar-refractivity contribution >= 4 is 27.5 Å². The molecule has 0 saturated carbocycles. The number of aromatic nitrogens is 3. The minimum atomic E-state index is -0.805. The zero-order chi connectivity index (χ0) is 28.7. The van der Waals surface area contributed by atoms with E-state index in [1.807, 2.05) is 24.4 Å². The van der Waals surface area contributed by atoms with Gasteiger partial charge in [0.15, 0.2) is 0 Å². The second kappa shape index (κ2) is 9.72. The third-order valence-corrected chi connectivity index (χ3v) is 10.7. The summed E-state index contributed by atoms with van der Waals surface area (Å²) >= 11 is 0. The maximum atomic E-state index is 14.5. The number of fused-ring (bicyclic) bond motifs is 7. The number of phenolic OH excluding ortho intramolecular Hbond substituents is 1. The molecule has 8 nitrogen and oxygen atoms in total. The highest BCUT2D eigenvalue weighted by Gasteiger charge is 2.49. The lowest BCUT2D eigenvalue weighted by Gasteiger charge is -2.34. The number of aromatic hydroxyl groups is 1. The van der Waals surface area contributed by atoms with Crippen LogP contribution in [0.15, 0.2) is 36.5 Å². The summed E-state index contributed by atoms with van der Waals surface area (Å²) in [5.74, 6) is 1.09. The summed E-state index contributed by atoms with van der Waals surface area (Å²) in [5.41, 5.74) is 4.96. The Balaban J connectivity index is 1.16. The molecule has 43 heavy (non-hydrogen) atoms. The first-order valence-corrected chi connectivity index (χ1v) is 16.0. The van der Waals surface area contributed by atoms with Crippen molar-refractivity contribution in [3.8, 4) is 23.0 Å². The standard InChI is InChI=1S/C34H37FN6O2/c35-22-14-34(9-2-10-41(34)16-22)19-43-33-38-30-13-29(27-12-25(42)11-21-6-5-20-3-1-4-26(20)31(21)27)36-15-28(30)32(39-33)40-17-23-7-8-24(18-40)37-23/h5-6,11-13,15,22-24,37,42H,1-4,7-10,14,16-19H2/t22-,23-,24+,34+/m1/s1. The van der Waals surface area contributed by atoms with Crippen molar-refractivity contribution in [2.24, 2.45) is 0 Å². The Morgan fingerprint density at radius 3 is 2.81 bits per heavy atom. The van der Waals surface area contributed by atoms with Crippen LogP contribution >= 0.6 is 0 Å². The quantitative estimate of drug-likeness (QED) is 0.344. The molecule has 2 bridgehead atoms. The summed E-state index contributed by atoms with van der Waals surface area (Å²) in [6.07, 6.45) is 9.23. The molecule has 4 aromatic rings. The predicted molar refractivity (Wildman–Crippen MR) is 165 cm³/mol. The number of alkyl halides is 1. The lowest BCUT2D eigenvalue weighted by Crippen LogP contribution is -2.51. The number of halogens is 1. The molecule has 2 aromatic heterocycles. The van der Waals surface area contributed by atoms with Crippen LogP contribution in [0.2, 0.25) is 0 Å². The van der Waals surface area contributed by atoms with Crippen LogP contribution in [-0.2, 0) is 12.8 Å². The summed E-state index contributed by atoms with van der Waals surface area (Å²) in [5, 5.41) is 17.5. The Kier molecular flexibility index (Phi) is 5.86. The number of hydrogen-bond donors (Lipinski definition) is 2. The molecule has 0 amide bonds. The number of piperazine rings is 1. The van der Waals surface area contributed by atoms with Crippen molar-refractivity contribution in [2.75, 3.05) is 37.7 Å². The highest BCUT2D eigenvalue weighted by Crippen LogP contribution is 2.42. The van der Waals surface area contributed by atoms with Crippen LogP contribution in [0.4, 0.5) is 10.2 Å². The average Bonchev–Trinajstić information content (AvgIpc) is 3.78. The monoisotopic (exact) mass is 580 g/mol. The largest absolute Gasteiger partial charge is 0.508 e. The first-order valence-electron chi connectivity index (χ1n) is 16.0. The van der Waals surface area contributed by atoms with Crippen LogP contribution in [0, 0.1) is 0 Å². The van der Waals surface area contributed by atoms with Crippen LogP contribution < -0.4 is 15.0 Å². The first-order chi connectivity index (χ1) is 21.0. The van der Waals surface area contributed by atoms with E-state index in [1.54, 1.807) is 0 Å². The molecule has 9 rings (SSSR count). The molecular formula is C34H37FN6O2. The van der Waals surface area contributed by atoms with Crippen LogP contribution in [-0.4, -0.2) is 81.5 Å². The van der Waals surface area contributed by atoms with E-state index in [0.29, 0.717) is 37.7 Å². The second-order valence-corrected chi connectivity index (χ2v) is 13.5. The van der Waals surface area contributed by atoms with E-state index in [4.69, 9.17) is 19.7 Å². The van der Waals surface area contributed by atoms with Crippen molar-refractivity contribution in [3.05, 3.63) is 47.7 Å². The Bertz CT molecular complexity index is 1750. The molecule has 4 saturated heterocycles. The zero-order valence-electron chi connectivity index (χ0n) is 24.4. The molecule has 2 aromatic carbocycles. The van der Waals surface area contributed by atoms with Crippen LogP contribution in [0.5, 0.6) is 11.8 Å². The van der Waals surface area contributed by atoms with Gasteiger partial charge in [-0.25, -0.2) is 4.39 Å². The van der Waals surface area contributed by atoms with Gasteiger partial charge in [0, 0.05) is 49.9 Å². The van der Waals surface area contributed by atoms with Gasteiger partial charge in [-0.15, -0.1) is 0 Å². The number of nitrogens with zero attached hydrogens (tertiary/aromatic N) is 5. The minimum absolute atomic E-state index is 0.231. The lowest BCUT2D eigenvalue weighted by molar-refractivity contribution is 0.107. The molecule has 6 heterocycles. The van der Waals surface area contributed by atoms with E-state index < -0.39 is 6.17 Å². The van der Waals surface area contributed by atoms with E-state index >= 15 is 0 Å². The molecule has 1 aliphatic carbocycles. The van der Waals surface area contributed by atoms with Gasteiger partial charge in [0.2, 0.25) is 0 Å². The predicted octanol–water partition coefficient (Wildman–Crippen LogP) is 4.94. The highest BCUT2D eigenvalue weighted by molar-refractivity contribution is 6.02. The number of aryl methyl sites for hydroxylation is 2. The van der Waals surface area contributed by atoms with Gasteiger partial charge in [-0.2, -0.15) is 9.97 Å². The summed E-state index contributed by atoms with van der Waals surface area (Å²) in [4.78, 5) is 19.5. The topological polar surface area (TPSA) is 86.6 Å². The number of hydrogen-bond acceptors (Lipinski definition) is 8. The molecule has 9 heteroatoms. The molecule has 4 atom stereocenters. The Labute approximate surface area is 250 Å². The Morgan fingerprint density at radius 1 is 1.05 bits per heavy atom. The number of nitrogens with one attached hydrogen (secondary N) is 1. The third kappa shape index (κ3) is 4.26. The minimum Gasteiger partial charge on any atom is -0.508 e. The molecule has 222 valence electrons. The van der Waals surface area contributed by atoms with Gasteiger partial charge in [-0.05, 0) is 91.6 Å². The maximum absolute atomic E-state index is 14.5. The smallest absolute Gasteiger partial charge is 0.319 e. The van der Waals surface area contributed by atoms with Crippen LogP contribution in [0.1, 0.15) is 49.7 Å². The van der Waals surface area contributed by atoms with Gasteiger partial charge < -0.3 is 20.1 Å². The molecular weight excluding hydrogens is 543 g/mol. The number of ether oxygens (including phenoxy) is 1. The lowest BCUT2D eigenvalue weighted by atomic mass is 9.94. The van der Waals surface area contributed by atoms with Crippen molar-refractivity contribution in [3.63, 3.8) is 0 Å². The number of anilines is 1. The van der Waals surface area contributed by atoms with E-state index in [1.165, 1.54) is 29.4 Å². The van der Waals surface area contributed by atoms with Crippen LogP contribution in [0.25, 0.3) is 32.9 Å². The zero-order valence-corrected chi connectivity index (χ0v) is 24.4. The molecule has 5 aliphatic rings. The Hall–Kier alpha value is -3.56. The van der Waals surface area contributed by atoms with E-state index in [2.05, 4.69) is 27.2 Å². The van der Waals surface area contributed by atoms with Crippen molar-refractivity contribution in [1.29, 1.82) is 0 Å². The average molecular weight is 581 g/mol. The fourth-order valence-corrected chi connectivity index (χ4v) is 8.80. The molecule has 2 N–H and O–H groups in total. The summed E-state index contributed by atoms with van der Waals surface area (Å²) < 4.78 is 20.9. The number of phenols is 1. The van der Waals surface area contributed by atoms with Crippen molar-refractivity contribution in [2.45, 2.75) is 75.2 Å². The Morgan fingerprint density at radius 2 is 1.93 bits per heavy atom. The second-order valence-electron chi connectivity index (χ2n) is 13.5. The summed E-state index contributed by atoms with van der Waals surface area (Å²) in [6, 6.07) is 11.3. The fraction of sp³-hybridized carbons (Fsp3) is 0.500. The fourth-order valence-electron chi connectivity index (χ4n) is 8.80. The molecule has 0 radical (unpaired) electrons. The first kappa shape index (κ1) is 25.9. The molecule has 0 spiro atoms. The summed E-state index contributed by atoms with van der Waals surface area (Å²) in [6.45, 7) is 3.58. The van der Waals surface area contributed by atoms with Crippen LogP contribution in [0.3, 0.4) is 0 Å². The van der Waals surface area contributed by atoms with Gasteiger partial charge in [-0.3, -0.25) is 9.88 Å². The number of benzene rings is 2. The van der Waals surface area contributed by atoms with Gasteiger partial charge in [0.05, 0.1) is 22.1 Å². The van der Waals surface area contributed by atoms with Crippen molar-refractivity contribution < 1.29 is 14.2 Å². The van der Waals surface area contributed by atoms with Gasteiger partial charge >= 0.3 is 6.01 Å². The van der Waals surface area contributed by atoms with Gasteiger partial charge in [-0.1, -0.05) is 12.1 Å². The highest BCUT2D eigenvalue weighted by atomic mass is 19.1. The number of pyridine rings is 1. The maximum Gasteiger partial charge on any atom is 0.319 e. The SMILES string of the molecule is Oc1cc(-c2cc3nc(OC[C@@]45CCCN4C[C@H](F)C5)nc(N4C[C@H]5CC[C@@H](C4)N5)c3cn2)c2c3c(ccc2c1)CCC3. The molecule has 4 aliphatic heterocycles. The summed E-state index contributed by atoms with van der Waals surface area (Å²) in [7, 11) is 0. The van der Waals surface area contributed by atoms with E-state index in [9.17, 15) is 9.50 Å². The van der Waals surface area contributed by atoms with Gasteiger partial charge in [0.1, 0.15) is 24.3 Å². The molecule has 0 unspecified atom stereocenters. The van der Waals surface area contributed by atoms with E-state index in [0.717, 1.165) is 85.1 Å². The number of rotatable bonds is 5. The van der Waals surface area contributed by atoms with Gasteiger partial charge in [0.25, 0.3) is 0 Å². The molecule has 4 fully saturated rings. The van der Waals surface area contributed by atoms with Crippen molar-refractivity contribution in [1.82, 2.24) is 25.2 Å². The third-order valence-electron chi connectivity index (χ3n) is 10.7. The normalized spacial score (nSPS) is 28.2. The van der Waals surface area contributed by atoms with E-state index in [-0.39, 0.29) is 11.3 Å².